The van der Waals surface area contributed by atoms with Gasteiger partial charge in [-0.05, 0) is 59.7 Å². The largest absolute Gasteiger partial charge is 0.240 e. The van der Waals surface area contributed by atoms with Crippen molar-refractivity contribution < 1.29 is 4.39 Å². The maximum atomic E-state index is 13.9. The van der Waals surface area contributed by atoms with Gasteiger partial charge in [0.05, 0.1) is 16.9 Å². The molecule has 5 rings (SSSR count). The molecule has 6 nitrogen and oxygen atoms in total. The summed E-state index contributed by atoms with van der Waals surface area (Å²) in [7, 11) is 0. The third-order valence-electron chi connectivity index (χ3n) is 4.63. The number of tetrazole rings is 1. The van der Waals surface area contributed by atoms with Crippen molar-refractivity contribution in [3.63, 3.8) is 0 Å². The number of aromatic nitrogens is 6. The van der Waals surface area contributed by atoms with Crippen LogP contribution in [0.5, 0.6) is 0 Å². The summed E-state index contributed by atoms with van der Waals surface area (Å²) >= 11 is 5.99. The predicted molar refractivity (Wildman–Crippen MR) is 103 cm³/mol. The molecule has 0 atom stereocenters. The first-order valence-corrected chi connectivity index (χ1v) is 9.24. The molecular weight excluding hydrogens is 379 g/mol. The van der Waals surface area contributed by atoms with Gasteiger partial charge >= 0.3 is 0 Å². The molecule has 1 fully saturated rings. The minimum absolute atomic E-state index is 0.327. The molecule has 28 heavy (non-hydrogen) atoms. The highest BCUT2D eigenvalue weighted by Crippen LogP contribution is 2.40. The molecule has 1 aliphatic carbocycles. The van der Waals surface area contributed by atoms with Crippen molar-refractivity contribution in [2.75, 3.05) is 0 Å². The van der Waals surface area contributed by atoms with E-state index in [1.165, 1.54) is 12.1 Å². The van der Waals surface area contributed by atoms with E-state index in [1.807, 2.05) is 18.2 Å². The molecule has 0 spiro atoms. The normalized spacial score (nSPS) is 13.6. The van der Waals surface area contributed by atoms with Crippen molar-refractivity contribution in [1.29, 1.82) is 0 Å². The zero-order valence-corrected chi connectivity index (χ0v) is 15.4. The van der Waals surface area contributed by atoms with Gasteiger partial charge in [0.25, 0.3) is 0 Å². The van der Waals surface area contributed by atoms with Crippen molar-refractivity contribution in [3.8, 4) is 28.3 Å². The lowest BCUT2D eigenvalue weighted by molar-refractivity contribution is 0.628. The Labute approximate surface area is 165 Å². The topological polar surface area (TPSA) is 69.4 Å². The Morgan fingerprint density at radius 1 is 1.07 bits per heavy atom. The van der Waals surface area contributed by atoms with Crippen LogP contribution < -0.4 is 0 Å². The van der Waals surface area contributed by atoms with Crippen LogP contribution in [0.25, 0.3) is 28.3 Å². The van der Waals surface area contributed by atoms with Gasteiger partial charge in [0.15, 0.2) is 5.82 Å². The zero-order chi connectivity index (χ0) is 19.1. The van der Waals surface area contributed by atoms with Crippen LogP contribution in [0.1, 0.15) is 24.6 Å². The van der Waals surface area contributed by atoms with Crippen LogP contribution in [0.2, 0.25) is 5.02 Å². The van der Waals surface area contributed by atoms with Gasteiger partial charge < -0.3 is 0 Å². The van der Waals surface area contributed by atoms with E-state index < -0.39 is 0 Å². The minimum atomic E-state index is -0.327. The summed E-state index contributed by atoms with van der Waals surface area (Å²) in [5.74, 6) is 1.29. The number of nitrogens with zero attached hydrogens (tertiary/aromatic N) is 6. The molecule has 0 saturated heterocycles. The predicted octanol–water partition coefficient (Wildman–Crippen LogP) is 4.46. The Morgan fingerprint density at radius 3 is 2.64 bits per heavy atom. The second kappa shape index (κ2) is 6.76. The second-order valence-electron chi connectivity index (χ2n) is 6.67. The Bertz CT molecular complexity index is 1150. The van der Waals surface area contributed by atoms with E-state index in [0.717, 1.165) is 24.4 Å². The van der Waals surface area contributed by atoms with E-state index in [2.05, 4.69) is 20.5 Å². The smallest absolute Gasteiger partial charge is 0.190 e. The first kappa shape index (κ1) is 16.9. The number of halogens is 2. The van der Waals surface area contributed by atoms with Crippen LogP contribution in [0, 0.1) is 5.82 Å². The molecule has 1 saturated carbocycles. The zero-order valence-electron chi connectivity index (χ0n) is 14.6. The van der Waals surface area contributed by atoms with Crippen molar-refractivity contribution in [2.24, 2.45) is 0 Å². The van der Waals surface area contributed by atoms with E-state index in [-0.39, 0.29) is 5.82 Å². The Morgan fingerprint density at radius 2 is 1.89 bits per heavy atom. The molecule has 0 aliphatic heterocycles. The standard InChI is InChI=1S/C20H14ClFN6/c21-14-6-8-16(9-7-14)28-20(25-26-27-28)17-11-23-19(12-4-5-12)24-18(17)13-2-1-3-15(22)10-13/h1-3,6-12H,4-5H2. The van der Waals surface area contributed by atoms with E-state index in [4.69, 9.17) is 16.6 Å². The number of hydrogen-bond acceptors (Lipinski definition) is 5. The summed E-state index contributed by atoms with van der Waals surface area (Å²) < 4.78 is 15.5. The average Bonchev–Trinajstić information content (AvgIpc) is 3.45. The molecule has 2 heterocycles. The monoisotopic (exact) mass is 392 g/mol. The van der Waals surface area contributed by atoms with Gasteiger partial charge in [-0.25, -0.2) is 14.4 Å². The van der Waals surface area contributed by atoms with Crippen LogP contribution in [0.15, 0.2) is 54.7 Å². The quantitative estimate of drug-likeness (QED) is 0.513. The van der Waals surface area contributed by atoms with Gasteiger partial charge in [0.1, 0.15) is 11.6 Å². The third kappa shape index (κ3) is 3.14. The fourth-order valence-electron chi connectivity index (χ4n) is 3.06. The van der Waals surface area contributed by atoms with E-state index in [9.17, 15) is 4.39 Å². The molecule has 0 radical (unpaired) electrons. The third-order valence-corrected chi connectivity index (χ3v) is 4.88. The molecule has 4 aromatic rings. The molecule has 0 bridgehead atoms. The summed E-state index contributed by atoms with van der Waals surface area (Å²) in [6.07, 6.45) is 3.87. The highest BCUT2D eigenvalue weighted by molar-refractivity contribution is 6.30. The molecule has 0 unspecified atom stereocenters. The Kier molecular flexibility index (Phi) is 4.09. The number of rotatable bonds is 4. The van der Waals surface area contributed by atoms with Gasteiger partial charge in [-0.1, -0.05) is 23.7 Å². The molecular formula is C20H14ClFN6. The summed E-state index contributed by atoms with van der Waals surface area (Å²) in [5, 5.41) is 12.7. The molecule has 1 aliphatic rings. The maximum Gasteiger partial charge on any atom is 0.190 e. The van der Waals surface area contributed by atoms with Crippen molar-refractivity contribution >= 4 is 11.6 Å². The van der Waals surface area contributed by atoms with E-state index in [0.29, 0.717) is 33.6 Å². The molecule has 2 aromatic heterocycles. The van der Waals surface area contributed by atoms with Crippen molar-refractivity contribution in [3.05, 3.63) is 71.4 Å². The minimum Gasteiger partial charge on any atom is -0.240 e. The van der Waals surface area contributed by atoms with Gasteiger partial charge in [0.2, 0.25) is 0 Å². The Hall–Kier alpha value is -3.19. The summed E-state index contributed by atoms with van der Waals surface area (Å²) in [4.78, 5) is 9.26. The second-order valence-corrected chi connectivity index (χ2v) is 7.10. The number of hydrogen-bond donors (Lipinski definition) is 0. The Balaban J connectivity index is 1.69. The lowest BCUT2D eigenvalue weighted by Gasteiger charge is -2.11. The van der Waals surface area contributed by atoms with Gasteiger partial charge in [0, 0.05) is 22.7 Å². The van der Waals surface area contributed by atoms with Crippen LogP contribution in [-0.2, 0) is 0 Å². The molecule has 8 heteroatoms. The van der Waals surface area contributed by atoms with Gasteiger partial charge in [-0.3, -0.25) is 0 Å². The van der Waals surface area contributed by atoms with Crippen LogP contribution in [0.4, 0.5) is 4.39 Å². The van der Waals surface area contributed by atoms with Crippen LogP contribution >= 0.6 is 11.6 Å². The summed E-state index contributed by atoms with van der Waals surface area (Å²) in [6.45, 7) is 0. The van der Waals surface area contributed by atoms with Gasteiger partial charge in [-0.2, -0.15) is 4.68 Å². The van der Waals surface area contributed by atoms with E-state index >= 15 is 0 Å². The van der Waals surface area contributed by atoms with Crippen LogP contribution in [-0.4, -0.2) is 30.2 Å². The lowest BCUT2D eigenvalue weighted by Crippen LogP contribution is -2.04. The van der Waals surface area contributed by atoms with Crippen molar-refractivity contribution in [1.82, 2.24) is 30.2 Å². The SMILES string of the molecule is Fc1cccc(-c2nc(C3CC3)ncc2-c2nnnn2-c2ccc(Cl)cc2)c1. The number of benzene rings is 2. The fourth-order valence-corrected chi connectivity index (χ4v) is 3.19. The van der Waals surface area contributed by atoms with Gasteiger partial charge in [-0.15, -0.1) is 5.10 Å². The summed E-state index contributed by atoms with van der Waals surface area (Å²) in [6, 6.07) is 13.5. The highest BCUT2D eigenvalue weighted by atomic mass is 35.5. The van der Waals surface area contributed by atoms with Crippen LogP contribution in [0.3, 0.4) is 0 Å². The molecule has 138 valence electrons. The first-order valence-electron chi connectivity index (χ1n) is 8.86. The first-order chi connectivity index (χ1) is 13.7. The molecule has 2 aromatic carbocycles. The maximum absolute atomic E-state index is 13.9. The van der Waals surface area contributed by atoms with Crippen molar-refractivity contribution in [2.45, 2.75) is 18.8 Å². The lowest BCUT2D eigenvalue weighted by atomic mass is 10.1. The van der Waals surface area contributed by atoms with E-state index in [1.54, 1.807) is 29.1 Å². The average molecular weight is 393 g/mol. The summed E-state index contributed by atoms with van der Waals surface area (Å²) in [5.41, 5.74) is 2.65. The molecule has 0 N–H and O–H groups in total. The molecule has 0 amide bonds. The fraction of sp³-hybridized carbons (Fsp3) is 0.150. The highest BCUT2D eigenvalue weighted by Gasteiger charge is 2.28.